The lowest BCUT2D eigenvalue weighted by atomic mass is 9.85. The third-order valence-electron chi connectivity index (χ3n) is 4.98. The quantitative estimate of drug-likeness (QED) is 0.886. The van der Waals surface area contributed by atoms with Crippen LogP contribution in [0.2, 0.25) is 0 Å². The number of nitrogens with zero attached hydrogens (tertiary/aromatic N) is 1. The largest absolute Gasteiger partial charge is 0.472 e. The van der Waals surface area contributed by atoms with Crippen LogP contribution in [-0.4, -0.2) is 47.4 Å². The van der Waals surface area contributed by atoms with E-state index in [0.717, 1.165) is 32.4 Å². The molecule has 6 heteroatoms. The highest BCUT2D eigenvalue weighted by molar-refractivity contribution is 5.93. The van der Waals surface area contributed by atoms with E-state index in [0.29, 0.717) is 18.0 Å². The number of furan rings is 1. The zero-order valence-corrected chi connectivity index (χ0v) is 13.8. The van der Waals surface area contributed by atoms with Crippen LogP contribution in [-0.2, 0) is 4.79 Å². The third kappa shape index (κ3) is 3.58. The standard InChI is InChI=1S/C17H25N3O3/c1-17(2)14(3-4-15(21)19-17)18-13-5-8-20(9-6-13)16(22)12-7-10-23-11-12/h7,10-11,13-14,18H,3-6,8-9H2,1-2H3,(H,19,21). The maximum atomic E-state index is 12.3. The maximum Gasteiger partial charge on any atom is 0.257 e. The molecule has 6 nitrogen and oxygen atoms in total. The van der Waals surface area contributed by atoms with Gasteiger partial charge in [0.1, 0.15) is 6.26 Å². The van der Waals surface area contributed by atoms with Crippen LogP contribution in [0.4, 0.5) is 0 Å². The molecule has 1 unspecified atom stereocenters. The first-order valence-electron chi connectivity index (χ1n) is 8.34. The summed E-state index contributed by atoms with van der Waals surface area (Å²) in [6, 6.07) is 2.38. The van der Waals surface area contributed by atoms with Gasteiger partial charge in [0.2, 0.25) is 5.91 Å². The second-order valence-corrected chi connectivity index (χ2v) is 7.11. The summed E-state index contributed by atoms with van der Waals surface area (Å²) in [5.41, 5.74) is 0.395. The fourth-order valence-corrected chi connectivity index (χ4v) is 3.54. The molecular weight excluding hydrogens is 294 g/mol. The number of piperidine rings is 2. The smallest absolute Gasteiger partial charge is 0.257 e. The molecule has 2 saturated heterocycles. The summed E-state index contributed by atoms with van der Waals surface area (Å²) in [6.07, 6.45) is 6.35. The summed E-state index contributed by atoms with van der Waals surface area (Å²) in [5, 5.41) is 6.76. The first-order valence-corrected chi connectivity index (χ1v) is 8.34. The molecule has 0 radical (unpaired) electrons. The van der Waals surface area contributed by atoms with Crippen LogP contribution in [0, 0.1) is 0 Å². The third-order valence-corrected chi connectivity index (χ3v) is 4.98. The van der Waals surface area contributed by atoms with Gasteiger partial charge in [0.15, 0.2) is 0 Å². The lowest BCUT2D eigenvalue weighted by molar-refractivity contribution is -0.125. The predicted octanol–water partition coefficient (Wildman–Crippen LogP) is 1.53. The molecule has 1 atom stereocenters. The fraction of sp³-hybridized carbons (Fsp3) is 0.647. The Morgan fingerprint density at radius 3 is 2.70 bits per heavy atom. The summed E-state index contributed by atoms with van der Waals surface area (Å²) >= 11 is 0. The SMILES string of the molecule is CC1(C)NC(=O)CCC1NC1CCN(C(=O)c2ccoc2)CC1. The number of hydrogen-bond donors (Lipinski definition) is 2. The Hall–Kier alpha value is -1.82. The van der Waals surface area contributed by atoms with Crippen LogP contribution in [0.3, 0.4) is 0 Å². The molecule has 2 aliphatic rings. The fourth-order valence-electron chi connectivity index (χ4n) is 3.54. The normalized spacial score (nSPS) is 25.2. The summed E-state index contributed by atoms with van der Waals surface area (Å²) in [7, 11) is 0. The molecule has 0 saturated carbocycles. The van der Waals surface area contributed by atoms with Crippen LogP contribution in [0.25, 0.3) is 0 Å². The number of nitrogens with one attached hydrogen (secondary N) is 2. The van der Waals surface area contributed by atoms with Crippen LogP contribution in [0.15, 0.2) is 23.0 Å². The highest BCUT2D eigenvalue weighted by Crippen LogP contribution is 2.22. The van der Waals surface area contributed by atoms with E-state index in [9.17, 15) is 9.59 Å². The van der Waals surface area contributed by atoms with E-state index in [4.69, 9.17) is 4.42 Å². The van der Waals surface area contributed by atoms with Crippen molar-refractivity contribution in [3.63, 3.8) is 0 Å². The molecule has 0 aliphatic carbocycles. The van der Waals surface area contributed by atoms with Crippen molar-refractivity contribution in [3.05, 3.63) is 24.2 Å². The molecule has 3 rings (SSSR count). The van der Waals surface area contributed by atoms with Crippen molar-refractivity contribution in [2.24, 2.45) is 0 Å². The molecular formula is C17H25N3O3. The van der Waals surface area contributed by atoms with Crippen molar-refractivity contribution in [3.8, 4) is 0 Å². The number of rotatable bonds is 3. The minimum absolute atomic E-state index is 0.0439. The van der Waals surface area contributed by atoms with Gasteiger partial charge in [-0.1, -0.05) is 0 Å². The van der Waals surface area contributed by atoms with E-state index >= 15 is 0 Å². The molecule has 0 spiro atoms. The summed E-state index contributed by atoms with van der Waals surface area (Å²) in [6.45, 7) is 5.64. The Morgan fingerprint density at radius 2 is 2.09 bits per heavy atom. The zero-order chi connectivity index (χ0) is 16.4. The van der Waals surface area contributed by atoms with Crippen molar-refractivity contribution in [1.29, 1.82) is 0 Å². The molecule has 2 fully saturated rings. The Balaban J connectivity index is 1.51. The van der Waals surface area contributed by atoms with Crippen LogP contribution >= 0.6 is 0 Å². The molecule has 3 heterocycles. The zero-order valence-electron chi connectivity index (χ0n) is 13.8. The van der Waals surface area contributed by atoms with Crippen molar-refractivity contribution in [2.45, 2.75) is 57.2 Å². The molecule has 2 aliphatic heterocycles. The van der Waals surface area contributed by atoms with Crippen LogP contribution in [0.1, 0.15) is 49.9 Å². The Kier molecular flexibility index (Phi) is 4.43. The number of hydrogen-bond acceptors (Lipinski definition) is 4. The Morgan fingerprint density at radius 1 is 1.35 bits per heavy atom. The first kappa shape index (κ1) is 16.1. The number of likely N-dealkylation sites (tertiary alicyclic amines) is 1. The van der Waals surface area contributed by atoms with Gasteiger partial charge in [0.25, 0.3) is 5.91 Å². The van der Waals surface area contributed by atoms with Gasteiger partial charge in [0, 0.05) is 37.1 Å². The van der Waals surface area contributed by atoms with Crippen molar-refractivity contribution in [2.75, 3.05) is 13.1 Å². The molecule has 0 aromatic carbocycles. The molecule has 1 aromatic rings. The van der Waals surface area contributed by atoms with Crippen LogP contribution in [0.5, 0.6) is 0 Å². The summed E-state index contributed by atoms with van der Waals surface area (Å²) in [4.78, 5) is 25.7. The average Bonchev–Trinajstić information content (AvgIpc) is 3.04. The van der Waals surface area contributed by atoms with E-state index in [1.165, 1.54) is 12.5 Å². The van der Waals surface area contributed by atoms with E-state index in [1.807, 2.05) is 4.90 Å². The van der Waals surface area contributed by atoms with Gasteiger partial charge in [-0.2, -0.15) is 0 Å². The van der Waals surface area contributed by atoms with E-state index in [-0.39, 0.29) is 23.4 Å². The van der Waals surface area contributed by atoms with E-state index < -0.39 is 0 Å². The van der Waals surface area contributed by atoms with Crippen molar-refractivity contribution >= 4 is 11.8 Å². The minimum atomic E-state index is -0.223. The lowest BCUT2D eigenvalue weighted by Gasteiger charge is -2.43. The highest BCUT2D eigenvalue weighted by Gasteiger charge is 2.37. The topological polar surface area (TPSA) is 74.6 Å². The minimum Gasteiger partial charge on any atom is -0.472 e. The van der Waals surface area contributed by atoms with Gasteiger partial charge in [-0.15, -0.1) is 0 Å². The van der Waals surface area contributed by atoms with Gasteiger partial charge in [-0.05, 0) is 39.2 Å². The molecule has 126 valence electrons. The monoisotopic (exact) mass is 319 g/mol. The second kappa shape index (κ2) is 6.35. The van der Waals surface area contributed by atoms with Gasteiger partial charge in [-0.3, -0.25) is 9.59 Å². The van der Waals surface area contributed by atoms with Gasteiger partial charge < -0.3 is 20.0 Å². The summed E-state index contributed by atoms with van der Waals surface area (Å²) < 4.78 is 4.99. The lowest BCUT2D eigenvalue weighted by Crippen LogP contribution is -2.63. The number of amides is 2. The van der Waals surface area contributed by atoms with Crippen LogP contribution < -0.4 is 10.6 Å². The van der Waals surface area contributed by atoms with Crippen molar-refractivity contribution in [1.82, 2.24) is 15.5 Å². The Bertz CT molecular complexity index is 560. The van der Waals surface area contributed by atoms with Gasteiger partial charge >= 0.3 is 0 Å². The number of carbonyl (C=O) groups is 2. The van der Waals surface area contributed by atoms with Crippen molar-refractivity contribution < 1.29 is 14.0 Å². The molecule has 1 aromatic heterocycles. The van der Waals surface area contributed by atoms with E-state index in [1.54, 1.807) is 6.07 Å². The maximum absolute atomic E-state index is 12.3. The van der Waals surface area contributed by atoms with Gasteiger partial charge in [-0.25, -0.2) is 0 Å². The summed E-state index contributed by atoms with van der Waals surface area (Å²) in [5.74, 6) is 0.177. The second-order valence-electron chi connectivity index (χ2n) is 7.11. The predicted molar refractivity (Wildman–Crippen MR) is 86.0 cm³/mol. The highest BCUT2D eigenvalue weighted by atomic mass is 16.3. The number of carbonyl (C=O) groups excluding carboxylic acids is 2. The Labute approximate surface area is 136 Å². The average molecular weight is 319 g/mol. The van der Waals surface area contributed by atoms with Gasteiger partial charge in [0.05, 0.1) is 11.8 Å². The first-order chi connectivity index (χ1) is 11.0. The molecule has 0 bridgehead atoms. The van der Waals surface area contributed by atoms with E-state index in [2.05, 4.69) is 24.5 Å². The molecule has 2 amide bonds. The molecule has 2 N–H and O–H groups in total. The molecule has 23 heavy (non-hydrogen) atoms.